The van der Waals surface area contributed by atoms with Gasteiger partial charge in [-0.25, -0.2) is 0 Å². The van der Waals surface area contributed by atoms with Crippen LogP contribution in [0.25, 0.3) is 0 Å². The Morgan fingerprint density at radius 1 is 1.21 bits per heavy atom. The predicted octanol–water partition coefficient (Wildman–Crippen LogP) is 5.20. The largest absolute Gasteiger partial charge is 0.321 e. The van der Waals surface area contributed by atoms with Crippen molar-refractivity contribution in [1.82, 2.24) is 0 Å². The highest BCUT2D eigenvalue weighted by molar-refractivity contribution is 8.77. The van der Waals surface area contributed by atoms with Gasteiger partial charge >= 0.3 is 0 Å². The molecule has 1 aliphatic carbocycles. The molecular weight excluding hydrogens is 319 g/mol. The number of thioether (sulfide) groups is 1. The minimum absolute atomic E-state index is 0.00241. The van der Waals surface area contributed by atoms with Crippen LogP contribution >= 0.6 is 28.8 Å². The van der Waals surface area contributed by atoms with Crippen LogP contribution in [0.3, 0.4) is 0 Å². The van der Waals surface area contributed by atoms with Gasteiger partial charge in [-0.1, -0.05) is 44.9 Å². The second-order valence-electron chi connectivity index (χ2n) is 5.88. The molecule has 0 aromatic rings. The monoisotopic (exact) mass is 340 g/mol. The van der Waals surface area contributed by atoms with Crippen LogP contribution in [0.15, 0.2) is 0 Å². The van der Waals surface area contributed by atoms with Crippen LogP contribution < -0.4 is 0 Å². The van der Waals surface area contributed by atoms with Gasteiger partial charge in [0, 0.05) is 22.0 Å². The summed E-state index contributed by atoms with van der Waals surface area (Å²) in [6.45, 7) is 5.32. The summed E-state index contributed by atoms with van der Waals surface area (Å²) >= 11 is 7.96. The van der Waals surface area contributed by atoms with Gasteiger partial charge in [0.2, 0.25) is 0 Å². The zero-order valence-electron chi connectivity index (χ0n) is 11.4. The molecule has 0 unspecified atom stereocenters. The van der Waals surface area contributed by atoms with Gasteiger partial charge in [-0.05, 0) is 24.6 Å². The molecule has 2 rings (SSSR count). The summed E-state index contributed by atoms with van der Waals surface area (Å²) in [6, 6.07) is 0. The molecule has 1 aliphatic heterocycles. The van der Waals surface area contributed by atoms with Crippen LogP contribution in [-0.4, -0.2) is 22.9 Å². The normalized spacial score (nSPS) is 27.1. The van der Waals surface area contributed by atoms with Crippen molar-refractivity contribution in [2.75, 3.05) is 13.2 Å². The average Bonchev–Trinajstić information content (AvgIpc) is 2.35. The van der Waals surface area contributed by atoms with Gasteiger partial charge in [-0.3, -0.25) is 4.79 Å². The van der Waals surface area contributed by atoms with Gasteiger partial charge in [0.25, 0.3) is 10.1 Å². The van der Waals surface area contributed by atoms with E-state index in [0.717, 1.165) is 24.2 Å². The summed E-state index contributed by atoms with van der Waals surface area (Å²) in [5.74, 6) is 0. The standard InChI is InChI=1S/C12H21O3PS3/c1-12(2)8-14-16(17,15-9-12)19-11(13)18-10-6-4-3-5-7-10/h10H,3-9H2,1-2H3. The molecule has 0 radical (unpaired) electrons. The van der Waals surface area contributed by atoms with Crippen molar-refractivity contribution in [3.8, 4) is 0 Å². The Hall–Kier alpha value is 0.940. The molecule has 0 N–H and O–H groups in total. The van der Waals surface area contributed by atoms with Gasteiger partial charge in [0.1, 0.15) is 0 Å². The fourth-order valence-corrected chi connectivity index (χ4v) is 8.67. The Bertz CT molecular complexity index is 366. The Morgan fingerprint density at radius 2 is 1.79 bits per heavy atom. The average molecular weight is 340 g/mol. The van der Waals surface area contributed by atoms with Gasteiger partial charge in [0.05, 0.1) is 13.2 Å². The number of hydrogen-bond acceptors (Lipinski definition) is 6. The summed E-state index contributed by atoms with van der Waals surface area (Å²) in [4.78, 5) is 12.1. The Balaban J connectivity index is 1.80. The predicted molar refractivity (Wildman–Crippen MR) is 87.4 cm³/mol. The minimum Gasteiger partial charge on any atom is -0.321 e. The van der Waals surface area contributed by atoms with Crippen LogP contribution in [0.1, 0.15) is 46.0 Å². The van der Waals surface area contributed by atoms with E-state index in [1.165, 1.54) is 31.0 Å². The van der Waals surface area contributed by atoms with E-state index < -0.39 is 5.69 Å². The first-order valence-electron chi connectivity index (χ1n) is 6.68. The summed E-state index contributed by atoms with van der Waals surface area (Å²) in [5.41, 5.74) is -2.44. The van der Waals surface area contributed by atoms with Gasteiger partial charge < -0.3 is 9.05 Å². The van der Waals surface area contributed by atoms with E-state index in [9.17, 15) is 4.79 Å². The highest BCUT2D eigenvalue weighted by Gasteiger charge is 2.36. The Morgan fingerprint density at radius 3 is 2.37 bits per heavy atom. The second-order valence-corrected chi connectivity index (χ2v) is 13.5. The van der Waals surface area contributed by atoms with E-state index in [-0.39, 0.29) is 9.86 Å². The summed E-state index contributed by atoms with van der Waals surface area (Å²) in [6.07, 6.45) is 6.08. The quantitative estimate of drug-likeness (QED) is 0.643. The fourth-order valence-electron chi connectivity index (χ4n) is 2.07. The SMILES string of the molecule is CC1(C)COP(=S)(SC(=O)SC2CCCCC2)OC1. The molecule has 0 bridgehead atoms. The van der Waals surface area contributed by atoms with E-state index in [2.05, 4.69) is 13.8 Å². The number of carbonyl (C=O) groups excluding carboxylic acids is 1. The minimum atomic E-state index is -2.44. The molecule has 1 saturated heterocycles. The lowest BCUT2D eigenvalue weighted by Crippen LogP contribution is -2.28. The maximum Gasteiger partial charge on any atom is 0.255 e. The van der Waals surface area contributed by atoms with Crippen molar-refractivity contribution in [3.63, 3.8) is 0 Å². The molecule has 1 heterocycles. The van der Waals surface area contributed by atoms with Crippen molar-refractivity contribution >= 4 is 45.1 Å². The molecular formula is C12H21O3PS3. The van der Waals surface area contributed by atoms with E-state index in [1.54, 1.807) is 0 Å². The third-order valence-electron chi connectivity index (χ3n) is 3.23. The van der Waals surface area contributed by atoms with E-state index >= 15 is 0 Å². The molecule has 0 atom stereocenters. The molecule has 0 aromatic heterocycles. The van der Waals surface area contributed by atoms with Crippen molar-refractivity contribution in [2.24, 2.45) is 5.41 Å². The topological polar surface area (TPSA) is 35.5 Å². The van der Waals surface area contributed by atoms with Gasteiger partial charge in [-0.2, -0.15) is 0 Å². The summed E-state index contributed by atoms with van der Waals surface area (Å²) in [5, 5.41) is 0.469. The number of carbonyl (C=O) groups is 1. The van der Waals surface area contributed by atoms with E-state index in [4.69, 9.17) is 20.9 Å². The first-order valence-corrected chi connectivity index (χ1v) is 11.6. The maximum absolute atomic E-state index is 12.1. The summed E-state index contributed by atoms with van der Waals surface area (Å²) < 4.78 is 11.4. The van der Waals surface area contributed by atoms with Crippen molar-refractivity contribution in [3.05, 3.63) is 0 Å². The van der Waals surface area contributed by atoms with Crippen LogP contribution in [0.2, 0.25) is 0 Å². The second kappa shape index (κ2) is 6.80. The molecule has 2 aliphatic rings. The lowest BCUT2D eigenvalue weighted by atomic mass is 9.97. The highest BCUT2D eigenvalue weighted by Crippen LogP contribution is 2.65. The van der Waals surface area contributed by atoms with Crippen molar-refractivity contribution in [2.45, 2.75) is 51.2 Å². The summed E-state index contributed by atoms with van der Waals surface area (Å²) in [7, 11) is 0. The molecule has 0 aromatic carbocycles. The molecule has 3 nitrogen and oxygen atoms in total. The molecule has 1 saturated carbocycles. The zero-order valence-corrected chi connectivity index (χ0v) is 14.8. The fraction of sp³-hybridized carbons (Fsp3) is 0.917. The van der Waals surface area contributed by atoms with Gasteiger partial charge in [0.15, 0.2) is 0 Å². The first-order chi connectivity index (χ1) is 8.89. The first kappa shape index (κ1) is 16.3. The van der Waals surface area contributed by atoms with Crippen LogP contribution in [0, 0.1) is 5.41 Å². The van der Waals surface area contributed by atoms with E-state index in [1.807, 2.05) is 0 Å². The lowest BCUT2D eigenvalue weighted by Gasteiger charge is -2.35. The Labute approximate surface area is 128 Å². The van der Waals surface area contributed by atoms with Crippen LogP contribution in [0.4, 0.5) is 4.79 Å². The van der Waals surface area contributed by atoms with E-state index in [0.29, 0.717) is 18.5 Å². The lowest BCUT2D eigenvalue weighted by molar-refractivity contribution is 0.0672. The van der Waals surface area contributed by atoms with Crippen LogP contribution in [0.5, 0.6) is 0 Å². The number of hydrogen-bond donors (Lipinski definition) is 0. The molecule has 19 heavy (non-hydrogen) atoms. The molecule has 7 heteroatoms. The molecule has 2 fully saturated rings. The van der Waals surface area contributed by atoms with Gasteiger partial charge in [-0.15, -0.1) is 0 Å². The third-order valence-corrected chi connectivity index (χ3v) is 9.50. The maximum atomic E-state index is 12.1. The Kier molecular flexibility index (Phi) is 5.84. The third kappa shape index (κ3) is 5.33. The molecule has 0 spiro atoms. The number of rotatable bonds is 2. The van der Waals surface area contributed by atoms with Crippen LogP contribution in [-0.2, 0) is 20.9 Å². The molecule has 0 amide bonds. The molecule has 110 valence electrons. The van der Waals surface area contributed by atoms with Crippen molar-refractivity contribution < 1.29 is 13.8 Å². The van der Waals surface area contributed by atoms with Crippen molar-refractivity contribution in [1.29, 1.82) is 0 Å². The highest BCUT2D eigenvalue weighted by atomic mass is 32.9. The zero-order chi connectivity index (χ0) is 13.9. The smallest absolute Gasteiger partial charge is 0.255 e.